The summed E-state index contributed by atoms with van der Waals surface area (Å²) >= 11 is 0. The molecule has 0 bridgehead atoms. The fourth-order valence-corrected chi connectivity index (χ4v) is 2.06. The summed E-state index contributed by atoms with van der Waals surface area (Å²) in [5.41, 5.74) is 0. The summed E-state index contributed by atoms with van der Waals surface area (Å²) in [5.74, 6) is 1.71. The lowest BCUT2D eigenvalue weighted by molar-refractivity contribution is 0.0217. The molecule has 1 heterocycles. The minimum absolute atomic E-state index is 0.0758. The molecule has 1 aromatic heterocycles. The van der Waals surface area contributed by atoms with Gasteiger partial charge >= 0.3 is 0 Å². The van der Waals surface area contributed by atoms with Crippen molar-refractivity contribution in [2.45, 2.75) is 66.0 Å². The maximum absolute atomic E-state index is 5.68. The fourth-order valence-electron chi connectivity index (χ4n) is 2.06. The van der Waals surface area contributed by atoms with E-state index >= 15 is 0 Å². The van der Waals surface area contributed by atoms with Crippen LogP contribution in [0.2, 0.25) is 0 Å². The molecular weight excluding hydrogens is 254 g/mol. The van der Waals surface area contributed by atoms with Crippen LogP contribution in [0.25, 0.3) is 0 Å². The number of ether oxygens (including phenoxy) is 1. The van der Waals surface area contributed by atoms with Gasteiger partial charge < -0.3 is 14.6 Å². The van der Waals surface area contributed by atoms with E-state index in [-0.39, 0.29) is 6.10 Å². The topological polar surface area (TPSA) is 60.2 Å². The molecule has 2 atom stereocenters. The van der Waals surface area contributed by atoms with Gasteiger partial charge in [-0.15, -0.1) is 0 Å². The van der Waals surface area contributed by atoms with E-state index in [4.69, 9.17) is 9.26 Å². The number of aryl methyl sites for hydroxylation is 1. The third-order valence-corrected chi connectivity index (χ3v) is 3.22. The molecule has 0 aliphatic heterocycles. The van der Waals surface area contributed by atoms with Gasteiger partial charge in [-0.3, -0.25) is 0 Å². The minimum atomic E-state index is -0.0758. The Morgan fingerprint density at radius 2 is 2.00 bits per heavy atom. The molecule has 5 nitrogen and oxygen atoms in total. The molecular formula is C15H29N3O2. The second kappa shape index (κ2) is 9.08. The van der Waals surface area contributed by atoms with E-state index in [2.05, 4.69) is 43.2 Å². The van der Waals surface area contributed by atoms with E-state index in [1.54, 1.807) is 0 Å². The van der Waals surface area contributed by atoms with Gasteiger partial charge in [0.1, 0.15) is 6.10 Å². The van der Waals surface area contributed by atoms with Crippen molar-refractivity contribution in [1.29, 1.82) is 0 Å². The van der Waals surface area contributed by atoms with Gasteiger partial charge in [0.05, 0.1) is 0 Å². The molecule has 0 aliphatic rings. The molecule has 0 spiro atoms. The molecule has 0 saturated heterocycles. The number of hydrogen-bond acceptors (Lipinski definition) is 5. The smallest absolute Gasteiger partial charge is 0.226 e. The van der Waals surface area contributed by atoms with E-state index in [1.807, 2.05) is 6.92 Å². The van der Waals surface area contributed by atoms with Crippen LogP contribution < -0.4 is 5.32 Å². The predicted molar refractivity (Wildman–Crippen MR) is 79.6 cm³/mol. The van der Waals surface area contributed by atoms with E-state index in [0.717, 1.165) is 25.8 Å². The standard InChI is InChI=1S/C15H29N3O2/c1-6-10-16-12(5)8-9-13-17-15(18-20-13)14(11(3)4)19-7-2/h11-12,14,16H,6-10H2,1-5H3. The minimum Gasteiger partial charge on any atom is -0.370 e. The lowest BCUT2D eigenvalue weighted by Gasteiger charge is -2.16. The highest BCUT2D eigenvalue weighted by Gasteiger charge is 2.22. The van der Waals surface area contributed by atoms with Crippen LogP contribution in [0.4, 0.5) is 0 Å². The average Bonchev–Trinajstić information content (AvgIpc) is 2.88. The Bertz CT molecular complexity index is 366. The van der Waals surface area contributed by atoms with E-state index in [9.17, 15) is 0 Å². The van der Waals surface area contributed by atoms with Gasteiger partial charge in [0, 0.05) is 19.1 Å². The van der Waals surface area contributed by atoms with Crippen LogP contribution >= 0.6 is 0 Å². The molecule has 1 aromatic rings. The Morgan fingerprint density at radius 3 is 2.60 bits per heavy atom. The maximum atomic E-state index is 5.68. The summed E-state index contributed by atoms with van der Waals surface area (Å²) in [6.07, 6.45) is 2.89. The molecule has 0 fully saturated rings. The maximum Gasteiger partial charge on any atom is 0.226 e. The summed E-state index contributed by atoms with van der Waals surface area (Å²) in [6, 6.07) is 0.470. The summed E-state index contributed by atoms with van der Waals surface area (Å²) in [5, 5.41) is 7.52. The summed E-state index contributed by atoms with van der Waals surface area (Å²) < 4.78 is 11.0. The number of nitrogens with zero attached hydrogens (tertiary/aromatic N) is 2. The Hall–Kier alpha value is -0.940. The molecule has 0 radical (unpaired) electrons. The first kappa shape index (κ1) is 17.1. The van der Waals surface area contributed by atoms with Crippen LogP contribution in [0.15, 0.2) is 4.52 Å². The SMILES string of the molecule is CCCNC(C)CCc1nc(C(OCC)C(C)C)no1. The van der Waals surface area contributed by atoms with Crippen molar-refractivity contribution in [1.82, 2.24) is 15.5 Å². The monoisotopic (exact) mass is 283 g/mol. The fraction of sp³-hybridized carbons (Fsp3) is 0.867. The number of nitrogens with one attached hydrogen (secondary N) is 1. The van der Waals surface area contributed by atoms with E-state index < -0.39 is 0 Å². The Balaban J connectivity index is 2.49. The summed E-state index contributed by atoms with van der Waals surface area (Å²) in [6.45, 7) is 12.3. The number of hydrogen-bond donors (Lipinski definition) is 1. The molecule has 116 valence electrons. The Kier molecular flexibility index (Phi) is 7.77. The van der Waals surface area contributed by atoms with Gasteiger partial charge in [-0.2, -0.15) is 4.98 Å². The number of aromatic nitrogens is 2. The molecule has 1 rings (SSSR count). The van der Waals surface area contributed by atoms with Gasteiger partial charge in [-0.25, -0.2) is 0 Å². The lowest BCUT2D eigenvalue weighted by Crippen LogP contribution is -2.27. The van der Waals surface area contributed by atoms with Crippen molar-refractivity contribution in [2.24, 2.45) is 5.92 Å². The highest BCUT2D eigenvalue weighted by atomic mass is 16.5. The third kappa shape index (κ3) is 5.59. The van der Waals surface area contributed by atoms with Crippen LogP contribution in [0, 0.1) is 5.92 Å². The van der Waals surface area contributed by atoms with Crippen LogP contribution in [0.5, 0.6) is 0 Å². The Morgan fingerprint density at radius 1 is 1.25 bits per heavy atom. The zero-order chi connectivity index (χ0) is 15.0. The van der Waals surface area contributed by atoms with Crippen molar-refractivity contribution in [3.63, 3.8) is 0 Å². The molecule has 0 amide bonds. The number of rotatable bonds is 10. The quantitative estimate of drug-likeness (QED) is 0.715. The summed E-state index contributed by atoms with van der Waals surface area (Å²) in [7, 11) is 0. The molecule has 20 heavy (non-hydrogen) atoms. The van der Waals surface area contributed by atoms with Gasteiger partial charge in [-0.1, -0.05) is 25.9 Å². The molecule has 2 unspecified atom stereocenters. The highest BCUT2D eigenvalue weighted by Crippen LogP contribution is 2.23. The largest absolute Gasteiger partial charge is 0.370 e. The second-order valence-corrected chi connectivity index (χ2v) is 5.56. The first-order valence-corrected chi connectivity index (χ1v) is 7.75. The lowest BCUT2D eigenvalue weighted by atomic mass is 10.1. The second-order valence-electron chi connectivity index (χ2n) is 5.56. The average molecular weight is 283 g/mol. The van der Waals surface area contributed by atoms with Crippen LogP contribution in [-0.4, -0.2) is 29.3 Å². The van der Waals surface area contributed by atoms with Crippen molar-refractivity contribution < 1.29 is 9.26 Å². The first-order chi connectivity index (χ1) is 9.58. The molecule has 5 heteroatoms. The zero-order valence-electron chi connectivity index (χ0n) is 13.5. The van der Waals surface area contributed by atoms with Gasteiger partial charge in [0.15, 0.2) is 0 Å². The summed E-state index contributed by atoms with van der Waals surface area (Å²) in [4.78, 5) is 4.47. The van der Waals surface area contributed by atoms with E-state index in [1.165, 1.54) is 0 Å². The van der Waals surface area contributed by atoms with Crippen molar-refractivity contribution in [3.05, 3.63) is 11.7 Å². The van der Waals surface area contributed by atoms with Gasteiger partial charge in [0.25, 0.3) is 0 Å². The van der Waals surface area contributed by atoms with Crippen LogP contribution in [0.1, 0.15) is 65.3 Å². The molecule has 0 saturated carbocycles. The highest BCUT2D eigenvalue weighted by molar-refractivity contribution is 4.93. The normalized spacial score (nSPS) is 14.7. The molecule has 1 N–H and O–H groups in total. The van der Waals surface area contributed by atoms with Crippen molar-refractivity contribution in [2.75, 3.05) is 13.2 Å². The van der Waals surface area contributed by atoms with Crippen molar-refractivity contribution >= 4 is 0 Å². The molecule has 0 aromatic carbocycles. The molecule has 0 aliphatic carbocycles. The van der Waals surface area contributed by atoms with Crippen LogP contribution in [0.3, 0.4) is 0 Å². The zero-order valence-corrected chi connectivity index (χ0v) is 13.5. The first-order valence-electron chi connectivity index (χ1n) is 7.75. The Labute approximate surface area is 122 Å². The van der Waals surface area contributed by atoms with Crippen LogP contribution in [-0.2, 0) is 11.2 Å². The van der Waals surface area contributed by atoms with Gasteiger partial charge in [-0.05, 0) is 39.2 Å². The van der Waals surface area contributed by atoms with Crippen molar-refractivity contribution in [3.8, 4) is 0 Å². The van der Waals surface area contributed by atoms with E-state index in [0.29, 0.717) is 30.3 Å². The predicted octanol–water partition coefficient (Wildman–Crippen LogP) is 3.12. The van der Waals surface area contributed by atoms with Gasteiger partial charge in [0.2, 0.25) is 11.7 Å². The third-order valence-electron chi connectivity index (χ3n) is 3.22.